The Morgan fingerprint density at radius 3 is 1.90 bits per heavy atom. The highest BCUT2D eigenvalue weighted by Crippen LogP contribution is 2.48. The summed E-state index contributed by atoms with van der Waals surface area (Å²) in [5.74, 6) is -0.349. The van der Waals surface area contributed by atoms with E-state index in [0.29, 0.717) is 16.8 Å². The summed E-state index contributed by atoms with van der Waals surface area (Å²) in [6.07, 6.45) is 6.32. The smallest absolute Gasteiger partial charge is 0.266 e. The van der Waals surface area contributed by atoms with Gasteiger partial charge in [-0.3, -0.25) is 9.59 Å². The van der Waals surface area contributed by atoms with Gasteiger partial charge in [0.05, 0.1) is 5.69 Å². The zero-order valence-electron chi connectivity index (χ0n) is 29.4. The van der Waals surface area contributed by atoms with Crippen LogP contribution in [0.3, 0.4) is 0 Å². The average molecular weight is 702 g/mol. The molecule has 0 radical (unpaired) electrons. The number of imide groups is 1. The van der Waals surface area contributed by atoms with E-state index in [1.165, 1.54) is 72.8 Å². The van der Waals surface area contributed by atoms with E-state index in [-0.39, 0.29) is 17.7 Å². The molecular formula is C46H39NO2S2. The number of aryl methyl sites for hydroxylation is 2. The first-order valence-corrected chi connectivity index (χ1v) is 19.8. The molecule has 0 unspecified atom stereocenters. The van der Waals surface area contributed by atoms with Crippen LogP contribution < -0.4 is 4.90 Å². The molecule has 6 aromatic carbocycles. The Kier molecular flexibility index (Phi) is 7.82. The summed E-state index contributed by atoms with van der Waals surface area (Å²) in [6.45, 7) is 8.45. The largest absolute Gasteiger partial charge is 0.268 e. The number of benzene rings is 6. The van der Waals surface area contributed by atoms with Crippen LogP contribution in [0, 0.1) is 6.92 Å². The summed E-state index contributed by atoms with van der Waals surface area (Å²) < 4.78 is 0. The van der Waals surface area contributed by atoms with Gasteiger partial charge >= 0.3 is 0 Å². The maximum Gasteiger partial charge on any atom is 0.266 e. The van der Waals surface area contributed by atoms with E-state index in [9.17, 15) is 9.59 Å². The van der Waals surface area contributed by atoms with Crippen molar-refractivity contribution in [2.24, 2.45) is 0 Å². The third-order valence-electron chi connectivity index (χ3n) is 10.8. The highest BCUT2D eigenvalue weighted by molar-refractivity contribution is 7.24. The number of amides is 2. The van der Waals surface area contributed by atoms with Crippen LogP contribution in [0.25, 0.3) is 63.3 Å². The van der Waals surface area contributed by atoms with Crippen LogP contribution >= 0.6 is 22.7 Å². The maximum absolute atomic E-state index is 14.4. The van der Waals surface area contributed by atoms with Crippen molar-refractivity contribution in [3.05, 3.63) is 124 Å². The Morgan fingerprint density at radius 1 is 0.569 bits per heavy atom. The van der Waals surface area contributed by atoms with Crippen molar-refractivity contribution in [3.63, 3.8) is 0 Å². The van der Waals surface area contributed by atoms with Crippen molar-refractivity contribution in [1.82, 2.24) is 0 Å². The number of rotatable bonds is 9. The molecule has 252 valence electrons. The van der Waals surface area contributed by atoms with E-state index in [1.54, 1.807) is 0 Å². The number of para-hydroxylation sites is 1. The molecule has 5 heteroatoms. The molecule has 3 nitrogen and oxygen atoms in total. The number of unbranched alkanes of at least 4 members (excludes halogenated alkanes) is 3. The van der Waals surface area contributed by atoms with E-state index >= 15 is 0 Å². The first-order valence-electron chi connectivity index (χ1n) is 18.2. The minimum atomic E-state index is -0.255. The molecule has 0 bridgehead atoms. The average Bonchev–Trinajstić information content (AvgIpc) is 3.82. The number of hydrogen-bond donors (Lipinski definition) is 0. The number of carbonyl (C=O) groups is 2. The van der Waals surface area contributed by atoms with Gasteiger partial charge in [-0.15, -0.1) is 22.7 Å². The van der Waals surface area contributed by atoms with Crippen LogP contribution in [0.4, 0.5) is 5.69 Å². The molecule has 1 aliphatic heterocycles. The fourth-order valence-electron chi connectivity index (χ4n) is 8.35. The summed E-state index contributed by atoms with van der Waals surface area (Å²) in [7, 11) is 0. The quantitative estimate of drug-likeness (QED) is 0.0650. The molecule has 0 fully saturated rings. The predicted molar refractivity (Wildman–Crippen MR) is 219 cm³/mol. The molecule has 8 aromatic rings. The Bertz CT molecular complexity index is 2600. The number of anilines is 1. The first kappa shape index (κ1) is 32.1. The lowest BCUT2D eigenvalue weighted by Crippen LogP contribution is -2.41. The number of fused-ring (bicyclic) bond motifs is 2. The van der Waals surface area contributed by atoms with Crippen molar-refractivity contribution in [2.75, 3.05) is 4.90 Å². The third-order valence-corrected chi connectivity index (χ3v) is 13.3. The number of hydrogen-bond acceptors (Lipinski definition) is 4. The van der Waals surface area contributed by atoms with Crippen LogP contribution in [-0.2, 0) is 6.42 Å². The number of carbonyl (C=O) groups excluding carboxylic acids is 2. The summed E-state index contributed by atoms with van der Waals surface area (Å²) in [4.78, 5) is 35.6. The molecule has 0 N–H and O–H groups in total. The topological polar surface area (TPSA) is 37.4 Å². The lowest BCUT2D eigenvalue weighted by Gasteiger charge is -2.31. The van der Waals surface area contributed by atoms with E-state index in [1.807, 2.05) is 59.9 Å². The van der Waals surface area contributed by atoms with Gasteiger partial charge in [0.15, 0.2) is 0 Å². The van der Waals surface area contributed by atoms with Gasteiger partial charge in [0.1, 0.15) is 0 Å². The van der Waals surface area contributed by atoms with Gasteiger partial charge in [-0.05, 0) is 116 Å². The Labute approximate surface area is 306 Å². The summed E-state index contributed by atoms with van der Waals surface area (Å²) in [5.41, 5.74) is 5.03. The predicted octanol–water partition coefficient (Wildman–Crippen LogP) is 13.5. The zero-order chi connectivity index (χ0) is 35.0. The van der Waals surface area contributed by atoms with Crippen LogP contribution in [0.1, 0.15) is 89.1 Å². The van der Waals surface area contributed by atoms with Gasteiger partial charge in [0, 0.05) is 36.0 Å². The Balaban J connectivity index is 1.16. The maximum atomic E-state index is 14.4. The van der Waals surface area contributed by atoms with E-state index in [2.05, 4.69) is 87.5 Å². The SMILES string of the molecule is CCCCCCc1ccc(-c2ccc(-c3ccc4c5ccc6c7c(ccc(c8cccc3c84)c75)C(=O)N(c3c(C)cccc3C(C)C)C6=O)s2)s1. The van der Waals surface area contributed by atoms with Crippen LogP contribution in [0.5, 0.6) is 0 Å². The van der Waals surface area contributed by atoms with Gasteiger partial charge < -0.3 is 0 Å². The molecule has 0 aliphatic carbocycles. The van der Waals surface area contributed by atoms with E-state index in [0.717, 1.165) is 43.4 Å². The second kappa shape index (κ2) is 12.4. The monoisotopic (exact) mass is 701 g/mol. The summed E-state index contributed by atoms with van der Waals surface area (Å²) >= 11 is 3.80. The third kappa shape index (κ3) is 4.97. The standard InChI is InChI=1S/C46H39NO2S2/c1-5-6-7-8-12-28-16-23-39(50-28)40-25-24-38(51-40)30-17-18-33-35-20-22-37-43-36(21-19-34(42(35)43)32-15-10-14-31(30)41(32)33)45(48)47(46(37)49)44-27(4)11-9-13-29(44)26(2)3/h9-11,13-26H,5-8,12H2,1-4H3. The van der Waals surface area contributed by atoms with Crippen LogP contribution in [0.2, 0.25) is 0 Å². The van der Waals surface area contributed by atoms with Crippen LogP contribution in [0.15, 0.2) is 97.1 Å². The molecule has 0 atom stereocenters. The van der Waals surface area contributed by atoms with Gasteiger partial charge in [0.2, 0.25) is 0 Å². The zero-order valence-corrected chi connectivity index (χ0v) is 31.1. The molecule has 2 aromatic heterocycles. The molecule has 2 amide bonds. The van der Waals surface area contributed by atoms with Crippen LogP contribution in [-0.4, -0.2) is 11.8 Å². The lowest BCUT2D eigenvalue weighted by molar-refractivity contribution is 0.0893. The van der Waals surface area contributed by atoms with Crippen molar-refractivity contribution in [3.8, 4) is 20.2 Å². The fourth-order valence-corrected chi connectivity index (χ4v) is 10.5. The van der Waals surface area contributed by atoms with Gasteiger partial charge in [-0.2, -0.15) is 0 Å². The van der Waals surface area contributed by atoms with Gasteiger partial charge in [0.25, 0.3) is 11.8 Å². The van der Waals surface area contributed by atoms with E-state index in [4.69, 9.17) is 0 Å². The fraction of sp³-hybridized carbons (Fsp3) is 0.217. The van der Waals surface area contributed by atoms with E-state index < -0.39 is 0 Å². The molecule has 3 heterocycles. The van der Waals surface area contributed by atoms with Crippen molar-refractivity contribution in [2.45, 2.75) is 65.7 Å². The van der Waals surface area contributed by atoms with Crippen molar-refractivity contribution in [1.29, 1.82) is 0 Å². The lowest BCUT2D eigenvalue weighted by atomic mass is 9.83. The molecule has 51 heavy (non-hydrogen) atoms. The Morgan fingerprint density at radius 2 is 1.18 bits per heavy atom. The normalized spacial score (nSPS) is 13.3. The first-order chi connectivity index (χ1) is 24.9. The molecule has 1 aliphatic rings. The highest BCUT2D eigenvalue weighted by Gasteiger charge is 2.37. The second-order valence-corrected chi connectivity index (χ2v) is 16.6. The molecule has 9 rings (SSSR count). The number of nitrogens with zero attached hydrogens (tertiary/aromatic N) is 1. The molecule has 0 saturated carbocycles. The van der Waals surface area contributed by atoms with Crippen molar-refractivity contribution >= 4 is 83.3 Å². The van der Waals surface area contributed by atoms with Crippen molar-refractivity contribution < 1.29 is 9.59 Å². The molecule has 0 saturated heterocycles. The minimum Gasteiger partial charge on any atom is -0.268 e. The van der Waals surface area contributed by atoms with Gasteiger partial charge in [-0.25, -0.2) is 4.90 Å². The summed E-state index contributed by atoms with van der Waals surface area (Å²) in [5, 5.41) is 8.65. The summed E-state index contributed by atoms with van der Waals surface area (Å²) in [6, 6.07) is 34.3. The molecular weight excluding hydrogens is 663 g/mol. The second-order valence-electron chi connectivity index (χ2n) is 14.3. The van der Waals surface area contributed by atoms with Gasteiger partial charge in [-0.1, -0.05) is 101 Å². The highest BCUT2D eigenvalue weighted by atomic mass is 32.1. The Hall–Kier alpha value is -4.84. The number of thiophene rings is 2. The molecule has 0 spiro atoms. The minimum absolute atomic E-state index is 0.161.